The van der Waals surface area contributed by atoms with Gasteiger partial charge in [-0.25, -0.2) is 0 Å². The van der Waals surface area contributed by atoms with Crippen molar-refractivity contribution < 1.29 is 5.11 Å². The lowest BCUT2D eigenvalue weighted by atomic mass is 10.1. The van der Waals surface area contributed by atoms with Gasteiger partial charge in [0, 0.05) is 6.54 Å². The van der Waals surface area contributed by atoms with Crippen molar-refractivity contribution in [2.24, 2.45) is 0 Å². The molecule has 0 aliphatic carbocycles. The Morgan fingerprint density at radius 3 is 2.58 bits per heavy atom. The van der Waals surface area contributed by atoms with E-state index in [4.69, 9.17) is 0 Å². The lowest BCUT2D eigenvalue weighted by molar-refractivity contribution is 0.175. The SMILES string of the molecule is CCNCC(O)c1ccccc1. The number of hydrogen-bond donors (Lipinski definition) is 2. The zero-order valence-electron chi connectivity index (χ0n) is 7.33. The summed E-state index contributed by atoms with van der Waals surface area (Å²) in [5, 5.41) is 12.7. The van der Waals surface area contributed by atoms with E-state index in [2.05, 4.69) is 5.32 Å². The van der Waals surface area contributed by atoms with Crippen molar-refractivity contribution in [2.45, 2.75) is 13.0 Å². The maximum absolute atomic E-state index is 9.59. The average Bonchev–Trinajstić information content (AvgIpc) is 2.15. The molecule has 1 aromatic carbocycles. The Morgan fingerprint density at radius 1 is 1.33 bits per heavy atom. The van der Waals surface area contributed by atoms with Crippen LogP contribution in [0.2, 0.25) is 0 Å². The van der Waals surface area contributed by atoms with Gasteiger partial charge in [-0.15, -0.1) is 0 Å². The Bertz CT molecular complexity index is 210. The Labute approximate surface area is 73.2 Å². The molecule has 1 rings (SSSR count). The van der Waals surface area contributed by atoms with Gasteiger partial charge in [0.15, 0.2) is 0 Å². The monoisotopic (exact) mass is 165 g/mol. The van der Waals surface area contributed by atoms with Crippen LogP contribution in [0, 0.1) is 0 Å². The molecule has 0 saturated heterocycles. The third-order valence-corrected chi connectivity index (χ3v) is 1.77. The maximum Gasteiger partial charge on any atom is 0.0914 e. The molecule has 0 heterocycles. The third kappa shape index (κ3) is 2.64. The lowest BCUT2D eigenvalue weighted by Crippen LogP contribution is -2.20. The van der Waals surface area contributed by atoms with Crippen LogP contribution < -0.4 is 5.32 Å². The molecular formula is C10H15NO. The molecule has 0 aliphatic rings. The Hall–Kier alpha value is -0.860. The zero-order chi connectivity index (χ0) is 8.81. The molecule has 0 bridgehead atoms. The first-order chi connectivity index (χ1) is 5.84. The third-order valence-electron chi connectivity index (χ3n) is 1.77. The molecule has 2 N–H and O–H groups in total. The zero-order valence-corrected chi connectivity index (χ0v) is 7.33. The predicted molar refractivity (Wildman–Crippen MR) is 49.9 cm³/mol. The van der Waals surface area contributed by atoms with Crippen LogP contribution in [0.1, 0.15) is 18.6 Å². The predicted octanol–water partition coefficient (Wildman–Crippen LogP) is 1.33. The molecule has 2 nitrogen and oxygen atoms in total. The van der Waals surface area contributed by atoms with Crippen molar-refractivity contribution in [2.75, 3.05) is 13.1 Å². The summed E-state index contributed by atoms with van der Waals surface area (Å²) in [6.45, 7) is 3.54. The Kier molecular flexibility index (Phi) is 3.77. The summed E-state index contributed by atoms with van der Waals surface area (Å²) in [5.74, 6) is 0. The summed E-state index contributed by atoms with van der Waals surface area (Å²) in [6, 6.07) is 9.68. The van der Waals surface area contributed by atoms with Crippen molar-refractivity contribution in [1.82, 2.24) is 5.32 Å². The van der Waals surface area contributed by atoms with Crippen LogP contribution in [-0.4, -0.2) is 18.2 Å². The van der Waals surface area contributed by atoms with E-state index in [-0.39, 0.29) is 6.10 Å². The molecule has 66 valence electrons. The highest BCUT2D eigenvalue weighted by molar-refractivity contribution is 5.17. The normalized spacial score (nSPS) is 12.8. The lowest BCUT2D eigenvalue weighted by Gasteiger charge is -2.10. The molecule has 0 radical (unpaired) electrons. The van der Waals surface area contributed by atoms with Crippen molar-refractivity contribution in [3.8, 4) is 0 Å². The highest BCUT2D eigenvalue weighted by atomic mass is 16.3. The van der Waals surface area contributed by atoms with E-state index in [1.807, 2.05) is 37.3 Å². The van der Waals surface area contributed by atoms with Crippen LogP contribution in [0.4, 0.5) is 0 Å². The number of hydrogen-bond acceptors (Lipinski definition) is 2. The van der Waals surface area contributed by atoms with Crippen molar-refractivity contribution in [1.29, 1.82) is 0 Å². The smallest absolute Gasteiger partial charge is 0.0914 e. The minimum absolute atomic E-state index is 0.383. The van der Waals surface area contributed by atoms with Crippen LogP contribution in [0.5, 0.6) is 0 Å². The Morgan fingerprint density at radius 2 is 2.00 bits per heavy atom. The van der Waals surface area contributed by atoms with E-state index < -0.39 is 0 Å². The van der Waals surface area contributed by atoms with E-state index >= 15 is 0 Å². The average molecular weight is 165 g/mol. The van der Waals surface area contributed by atoms with E-state index in [1.165, 1.54) is 0 Å². The molecule has 1 aromatic rings. The minimum atomic E-state index is -0.383. The fourth-order valence-corrected chi connectivity index (χ4v) is 1.07. The molecule has 0 spiro atoms. The van der Waals surface area contributed by atoms with Gasteiger partial charge >= 0.3 is 0 Å². The van der Waals surface area contributed by atoms with Gasteiger partial charge in [0.05, 0.1) is 6.10 Å². The molecule has 1 atom stereocenters. The Balaban J connectivity index is 2.48. The van der Waals surface area contributed by atoms with Gasteiger partial charge in [0.25, 0.3) is 0 Å². The summed E-state index contributed by atoms with van der Waals surface area (Å²) >= 11 is 0. The van der Waals surface area contributed by atoms with Crippen LogP contribution >= 0.6 is 0 Å². The van der Waals surface area contributed by atoms with Gasteiger partial charge in [0.1, 0.15) is 0 Å². The number of rotatable bonds is 4. The first-order valence-corrected chi connectivity index (χ1v) is 4.28. The fourth-order valence-electron chi connectivity index (χ4n) is 1.07. The van der Waals surface area contributed by atoms with E-state index in [1.54, 1.807) is 0 Å². The van der Waals surface area contributed by atoms with Crippen LogP contribution in [0.15, 0.2) is 30.3 Å². The van der Waals surface area contributed by atoms with Crippen LogP contribution in [0.25, 0.3) is 0 Å². The van der Waals surface area contributed by atoms with Gasteiger partial charge in [-0.3, -0.25) is 0 Å². The second-order valence-electron chi connectivity index (χ2n) is 2.73. The second kappa shape index (κ2) is 4.91. The molecule has 2 heteroatoms. The van der Waals surface area contributed by atoms with Crippen molar-refractivity contribution in [3.63, 3.8) is 0 Å². The standard InChI is InChI=1S/C10H15NO/c1-2-11-8-10(12)9-6-4-3-5-7-9/h3-7,10-12H,2,8H2,1H3. The molecule has 0 aromatic heterocycles. The second-order valence-corrected chi connectivity index (χ2v) is 2.73. The molecular weight excluding hydrogens is 150 g/mol. The van der Waals surface area contributed by atoms with Crippen LogP contribution in [0.3, 0.4) is 0 Å². The van der Waals surface area contributed by atoms with E-state index in [9.17, 15) is 5.11 Å². The number of nitrogens with one attached hydrogen (secondary N) is 1. The fraction of sp³-hybridized carbons (Fsp3) is 0.400. The van der Waals surface area contributed by atoms with E-state index in [0.717, 1.165) is 12.1 Å². The van der Waals surface area contributed by atoms with Crippen LogP contribution in [-0.2, 0) is 0 Å². The quantitative estimate of drug-likeness (QED) is 0.705. The number of aliphatic hydroxyl groups excluding tert-OH is 1. The van der Waals surface area contributed by atoms with Crippen molar-refractivity contribution in [3.05, 3.63) is 35.9 Å². The molecule has 0 fully saturated rings. The topological polar surface area (TPSA) is 32.3 Å². The summed E-state index contributed by atoms with van der Waals surface area (Å²) < 4.78 is 0. The van der Waals surface area contributed by atoms with Gasteiger partial charge < -0.3 is 10.4 Å². The molecule has 0 saturated carbocycles. The molecule has 12 heavy (non-hydrogen) atoms. The molecule has 0 aliphatic heterocycles. The number of benzene rings is 1. The number of likely N-dealkylation sites (N-methyl/N-ethyl adjacent to an activating group) is 1. The molecule has 0 amide bonds. The summed E-state index contributed by atoms with van der Waals surface area (Å²) in [5.41, 5.74) is 0.971. The summed E-state index contributed by atoms with van der Waals surface area (Å²) in [6.07, 6.45) is -0.383. The molecule has 1 unspecified atom stereocenters. The maximum atomic E-state index is 9.59. The first-order valence-electron chi connectivity index (χ1n) is 4.28. The van der Waals surface area contributed by atoms with Gasteiger partial charge in [-0.1, -0.05) is 37.3 Å². The van der Waals surface area contributed by atoms with Gasteiger partial charge in [0.2, 0.25) is 0 Å². The van der Waals surface area contributed by atoms with Gasteiger partial charge in [-0.05, 0) is 12.1 Å². The highest BCUT2D eigenvalue weighted by Gasteiger charge is 2.03. The van der Waals surface area contributed by atoms with E-state index in [0.29, 0.717) is 6.54 Å². The van der Waals surface area contributed by atoms with Gasteiger partial charge in [-0.2, -0.15) is 0 Å². The summed E-state index contributed by atoms with van der Waals surface area (Å²) in [7, 11) is 0. The highest BCUT2D eigenvalue weighted by Crippen LogP contribution is 2.09. The summed E-state index contributed by atoms with van der Waals surface area (Å²) in [4.78, 5) is 0. The number of aliphatic hydroxyl groups is 1. The largest absolute Gasteiger partial charge is 0.387 e. The van der Waals surface area contributed by atoms with Crippen molar-refractivity contribution >= 4 is 0 Å². The minimum Gasteiger partial charge on any atom is -0.387 e. The first kappa shape index (κ1) is 9.23.